The Labute approximate surface area is 153 Å². The topological polar surface area (TPSA) is 21.3 Å². The second-order valence-corrected chi connectivity index (χ2v) is 9.29. The van der Waals surface area contributed by atoms with E-state index in [2.05, 4.69) is 71.3 Å². The lowest BCUT2D eigenvalue weighted by molar-refractivity contribution is 0.305. The molecule has 1 aliphatic rings. The molecule has 6 heteroatoms. The highest BCUT2D eigenvalue weighted by Crippen LogP contribution is 2.36. The van der Waals surface area contributed by atoms with Crippen LogP contribution in [0.5, 0.6) is 5.75 Å². The summed E-state index contributed by atoms with van der Waals surface area (Å²) in [7, 11) is 0. The summed E-state index contributed by atoms with van der Waals surface area (Å²) < 4.78 is 9.03. The first kappa shape index (κ1) is 16.0. The number of hydrogen-bond acceptors (Lipinski definition) is 3. The number of hydrogen-bond donors (Lipinski definition) is 1. The minimum absolute atomic E-state index is 0.577. The maximum atomic E-state index is 5.94. The molecule has 0 radical (unpaired) electrons. The number of halogens is 3. The van der Waals surface area contributed by atoms with Crippen LogP contribution in [0.25, 0.3) is 0 Å². The molecule has 0 spiro atoms. The zero-order chi connectivity index (χ0) is 14.8. The summed E-state index contributed by atoms with van der Waals surface area (Å²) in [5, 5.41) is 3.52. The highest BCUT2D eigenvalue weighted by molar-refractivity contribution is 9.11. The van der Waals surface area contributed by atoms with E-state index in [-0.39, 0.29) is 0 Å². The van der Waals surface area contributed by atoms with E-state index in [9.17, 15) is 0 Å². The summed E-state index contributed by atoms with van der Waals surface area (Å²) in [6.07, 6.45) is 2.61. The van der Waals surface area contributed by atoms with Crippen LogP contribution in [0.4, 0.5) is 0 Å². The fraction of sp³-hybridized carbons (Fsp3) is 0.333. The van der Waals surface area contributed by atoms with Crippen LogP contribution in [-0.4, -0.2) is 6.04 Å². The second-order valence-electron chi connectivity index (χ2n) is 5.04. The van der Waals surface area contributed by atoms with Crippen molar-refractivity contribution >= 4 is 59.1 Å². The van der Waals surface area contributed by atoms with Gasteiger partial charge in [-0.15, -0.1) is 11.3 Å². The van der Waals surface area contributed by atoms with Crippen molar-refractivity contribution in [3.63, 3.8) is 0 Å². The average Bonchev–Trinajstić information content (AvgIpc) is 3.17. The summed E-state index contributed by atoms with van der Waals surface area (Å²) in [5.74, 6) is 0.856. The second kappa shape index (κ2) is 7.13. The molecule has 0 atom stereocenters. The van der Waals surface area contributed by atoms with Crippen LogP contribution in [0.3, 0.4) is 0 Å². The van der Waals surface area contributed by atoms with Gasteiger partial charge < -0.3 is 10.1 Å². The number of nitrogens with one attached hydrogen (secondary N) is 1. The number of thiophene rings is 1. The highest BCUT2D eigenvalue weighted by Gasteiger charge is 2.20. The lowest BCUT2D eigenvalue weighted by Gasteiger charge is -2.12. The van der Waals surface area contributed by atoms with Gasteiger partial charge in [-0.3, -0.25) is 0 Å². The van der Waals surface area contributed by atoms with E-state index in [1.165, 1.54) is 23.3 Å². The molecule has 0 unspecified atom stereocenters. The van der Waals surface area contributed by atoms with Crippen LogP contribution in [-0.2, 0) is 13.2 Å². The molecule has 3 rings (SSSR count). The van der Waals surface area contributed by atoms with Gasteiger partial charge in [-0.1, -0.05) is 0 Å². The molecule has 112 valence electrons. The summed E-state index contributed by atoms with van der Waals surface area (Å²) >= 11 is 12.4. The summed E-state index contributed by atoms with van der Waals surface area (Å²) in [6.45, 7) is 1.48. The third kappa shape index (κ3) is 4.55. The molecular weight excluding hydrogens is 482 g/mol. The quantitative estimate of drug-likeness (QED) is 0.541. The Bertz CT molecular complexity index is 617. The van der Waals surface area contributed by atoms with Crippen molar-refractivity contribution in [3.05, 3.63) is 47.4 Å². The molecule has 2 aromatic rings. The molecule has 1 fully saturated rings. The van der Waals surface area contributed by atoms with Crippen LogP contribution in [0.2, 0.25) is 0 Å². The van der Waals surface area contributed by atoms with Gasteiger partial charge >= 0.3 is 0 Å². The van der Waals surface area contributed by atoms with Crippen molar-refractivity contribution < 1.29 is 4.74 Å². The van der Waals surface area contributed by atoms with Crippen LogP contribution >= 0.6 is 59.1 Å². The van der Waals surface area contributed by atoms with Crippen LogP contribution in [0, 0.1) is 0 Å². The minimum atomic E-state index is 0.577. The predicted octanol–water partition coefficient (Wildman–Crippen LogP) is 5.87. The van der Waals surface area contributed by atoms with Crippen molar-refractivity contribution in [1.29, 1.82) is 0 Å². The molecule has 1 heterocycles. The van der Waals surface area contributed by atoms with Crippen molar-refractivity contribution in [1.82, 2.24) is 5.32 Å². The maximum absolute atomic E-state index is 5.94. The Kier molecular flexibility index (Phi) is 5.43. The van der Waals surface area contributed by atoms with E-state index in [0.717, 1.165) is 31.1 Å². The van der Waals surface area contributed by atoms with Crippen molar-refractivity contribution in [2.75, 3.05) is 0 Å². The third-order valence-electron chi connectivity index (χ3n) is 3.22. The standard InChI is InChI=1S/C15H14Br3NOS/c16-12-5-9(7-19-10-1-2-10)6-13(17)15(12)20-8-11-3-4-14(18)21-11/h3-6,10,19H,1-2,7-8H2. The summed E-state index contributed by atoms with van der Waals surface area (Å²) in [6, 6.07) is 9.08. The van der Waals surface area contributed by atoms with Crippen LogP contribution in [0.15, 0.2) is 37.0 Å². The molecule has 0 amide bonds. The predicted molar refractivity (Wildman–Crippen MR) is 98.1 cm³/mol. The molecule has 0 aliphatic heterocycles. The number of ether oxygens (including phenoxy) is 1. The lowest BCUT2D eigenvalue weighted by atomic mass is 10.2. The molecule has 1 aromatic heterocycles. The van der Waals surface area contributed by atoms with E-state index < -0.39 is 0 Å². The maximum Gasteiger partial charge on any atom is 0.148 e. The average molecular weight is 496 g/mol. The Morgan fingerprint density at radius 3 is 2.43 bits per heavy atom. The van der Waals surface area contributed by atoms with Gasteiger partial charge in [-0.05, 0) is 90.5 Å². The first-order chi connectivity index (χ1) is 10.1. The van der Waals surface area contributed by atoms with E-state index in [0.29, 0.717) is 6.61 Å². The van der Waals surface area contributed by atoms with E-state index in [1.807, 2.05) is 6.07 Å². The molecule has 0 bridgehead atoms. The molecule has 0 saturated heterocycles. The molecule has 1 saturated carbocycles. The van der Waals surface area contributed by atoms with Crippen LogP contribution in [0.1, 0.15) is 23.3 Å². The zero-order valence-electron chi connectivity index (χ0n) is 11.2. The zero-order valence-corrected chi connectivity index (χ0v) is 16.7. The van der Waals surface area contributed by atoms with Gasteiger partial charge in [0.2, 0.25) is 0 Å². The van der Waals surface area contributed by atoms with E-state index >= 15 is 0 Å². The SMILES string of the molecule is Brc1ccc(COc2c(Br)cc(CNC3CC3)cc2Br)s1. The largest absolute Gasteiger partial charge is 0.486 e. The van der Waals surface area contributed by atoms with Gasteiger partial charge in [0.15, 0.2) is 0 Å². The highest BCUT2D eigenvalue weighted by atomic mass is 79.9. The monoisotopic (exact) mass is 493 g/mol. The molecule has 21 heavy (non-hydrogen) atoms. The van der Waals surface area contributed by atoms with Gasteiger partial charge in [0, 0.05) is 17.5 Å². The fourth-order valence-corrected chi connectivity index (χ4v) is 4.88. The van der Waals surface area contributed by atoms with Gasteiger partial charge in [0.25, 0.3) is 0 Å². The Hall–Kier alpha value is 0.120. The number of rotatable bonds is 6. The Morgan fingerprint density at radius 2 is 1.86 bits per heavy atom. The third-order valence-corrected chi connectivity index (χ3v) is 5.99. The van der Waals surface area contributed by atoms with Crippen molar-refractivity contribution in [2.45, 2.75) is 32.0 Å². The molecular formula is C15H14Br3NOS. The van der Waals surface area contributed by atoms with Gasteiger partial charge in [0.1, 0.15) is 12.4 Å². The first-order valence-corrected chi connectivity index (χ1v) is 9.89. The van der Waals surface area contributed by atoms with E-state index in [4.69, 9.17) is 4.74 Å². The van der Waals surface area contributed by atoms with E-state index in [1.54, 1.807) is 11.3 Å². The van der Waals surface area contributed by atoms with Gasteiger partial charge in [-0.2, -0.15) is 0 Å². The fourth-order valence-electron chi connectivity index (χ4n) is 1.97. The lowest BCUT2D eigenvalue weighted by Crippen LogP contribution is -2.15. The molecule has 1 aliphatic carbocycles. The Morgan fingerprint density at radius 1 is 1.14 bits per heavy atom. The van der Waals surface area contributed by atoms with Crippen molar-refractivity contribution in [3.8, 4) is 5.75 Å². The van der Waals surface area contributed by atoms with Crippen LogP contribution < -0.4 is 10.1 Å². The van der Waals surface area contributed by atoms with Crippen molar-refractivity contribution in [2.24, 2.45) is 0 Å². The smallest absolute Gasteiger partial charge is 0.148 e. The number of benzene rings is 1. The summed E-state index contributed by atoms with van der Waals surface area (Å²) in [5.41, 5.74) is 1.26. The van der Waals surface area contributed by atoms with Gasteiger partial charge in [-0.25, -0.2) is 0 Å². The Balaban J connectivity index is 1.66. The normalized spacial score (nSPS) is 14.4. The first-order valence-electron chi connectivity index (χ1n) is 6.70. The van der Waals surface area contributed by atoms with Gasteiger partial charge in [0.05, 0.1) is 12.7 Å². The summed E-state index contributed by atoms with van der Waals surface area (Å²) in [4.78, 5) is 1.19. The molecule has 2 nitrogen and oxygen atoms in total. The molecule has 1 aromatic carbocycles. The minimum Gasteiger partial charge on any atom is -0.486 e. The molecule has 1 N–H and O–H groups in total.